The quantitative estimate of drug-likeness (QED) is 0.596. The van der Waals surface area contributed by atoms with Crippen LogP contribution in [0.3, 0.4) is 0 Å². The number of aryl methyl sites for hydroxylation is 1. The van der Waals surface area contributed by atoms with Crippen LogP contribution in [0.2, 0.25) is 0 Å². The molecule has 106 valence electrons. The van der Waals surface area contributed by atoms with Crippen LogP contribution in [0.1, 0.15) is 12.5 Å². The summed E-state index contributed by atoms with van der Waals surface area (Å²) in [6, 6.07) is 6.75. The van der Waals surface area contributed by atoms with Crippen LogP contribution in [-0.4, -0.2) is 25.8 Å². The van der Waals surface area contributed by atoms with Crippen LogP contribution in [0.4, 0.5) is 0 Å². The van der Waals surface area contributed by atoms with E-state index in [-0.39, 0.29) is 18.0 Å². The second kappa shape index (κ2) is 7.68. The van der Waals surface area contributed by atoms with E-state index in [9.17, 15) is 8.42 Å². The molecule has 1 aromatic carbocycles. The highest BCUT2D eigenvalue weighted by Crippen LogP contribution is 2.16. The Kier molecular flexibility index (Phi) is 6.23. The van der Waals surface area contributed by atoms with Gasteiger partial charge in [-0.3, -0.25) is 0 Å². The Morgan fingerprint density at radius 1 is 1.25 bits per heavy atom. The number of sulfonamides is 1. The van der Waals surface area contributed by atoms with E-state index in [4.69, 9.17) is 6.42 Å². The third-order valence-electron chi connectivity index (χ3n) is 2.68. The van der Waals surface area contributed by atoms with E-state index in [1.165, 1.54) is 4.31 Å². The minimum absolute atomic E-state index is 0.0520. The van der Waals surface area contributed by atoms with Gasteiger partial charge in [-0.2, -0.15) is 4.31 Å². The van der Waals surface area contributed by atoms with Crippen LogP contribution in [-0.2, 0) is 10.0 Å². The predicted octanol–water partition coefficient (Wildman–Crippen LogP) is 2.75. The molecule has 0 N–H and O–H groups in total. The Balaban J connectivity index is 3.00. The molecule has 0 fully saturated rings. The lowest BCUT2D eigenvalue weighted by molar-refractivity contribution is 0.478. The van der Waals surface area contributed by atoms with Crippen molar-refractivity contribution in [2.24, 2.45) is 0 Å². The highest BCUT2D eigenvalue weighted by atomic mass is 32.2. The zero-order valence-electron chi connectivity index (χ0n) is 11.8. The molecule has 0 saturated heterocycles. The van der Waals surface area contributed by atoms with Crippen LogP contribution in [0.25, 0.3) is 0 Å². The molecule has 0 aliphatic carbocycles. The molecule has 0 aromatic heterocycles. The summed E-state index contributed by atoms with van der Waals surface area (Å²) in [5.41, 5.74) is 1.01. The summed E-state index contributed by atoms with van der Waals surface area (Å²) in [5, 5.41) is 0. The maximum atomic E-state index is 12.5. The van der Waals surface area contributed by atoms with Gasteiger partial charge in [0.25, 0.3) is 0 Å². The first-order valence-electron chi connectivity index (χ1n) is 6.30. The summed E-state index contributed by atoms with van der Waals surface area (Å²) in [6.07, 6.45) is 12.5. The average molecular weight is 289 g/mol. The third kappa shape index (κ3) is 4.37. The largest absolute Gasteiger partial charge is 0.244 e. The molecule has 0 aliphatic heterocycles. The summed E-state index contributed by atoms with van der Waals surface area (Å²) < 4.78 is 26.2. The number of terminal acetylenes is 1. The van der Waals surface area contributed by atoms with Crippen molar-refractivity contribution in [3.05, 3.63) is 54.1 Å². The lowest BCUT2D eigenvalue weighted by Crippen LogP contribution is -2.31. The molecule has 0 aliphatic rings. The van der Waals surface area contributed by atoms with Crippen LogP contribution >= 0.6 is 0 Å². The molecule has 1 aromatic rings. The van der Waals surface area contributed by atoms with Gasteiger partial charge in [0.2, 0.25) is 10.0 Å². The van der Waals surface area contributed by atoms with E-state index in [2.05, 4.69) is 5.92 Å². The first-order chi connectivity index (χ1) is 9.52. The third-order valence-corrected chi connectivity index (χ3v) is 4.50. The number of hydrogen-bond acceptors (Lipinski definition) is 2. The van der Waals surface area contributed by atoms with E-state index >= 15 is 0 Å². The van der Waals surface area contributed by atoms with Gasteiger partial charge in [0, 0.05) is 6.54 Å². The molecular formula is C16H19NO2S. The van der Waals surface area contributed by atoms with Gasteiger partial charge in [-0.15, -0.1) is 6.42 Å². The highest BCUT2D eigenvalue weighted by molar-refractivity contribution is 7.89. The van der Waals surface area contributed by atoms with Crippen molar-refractivity contribution >= 4 is 10.0 Å². The molecule has 0 heterocycles. The second-order valence-corrected chi connectivity index (χ2v) is 6.21. The summed E-state index contributed by atoms with van der Waals surface area (Å²) in [4.78, 5) is 0.262. The Morgan fingerprint density at radius 3 is 2.45 bits per heavy atom. The maximum Gasteiger partial charge on any atom is 0.244 e. The van der Waals surface area contributed by atoms with E-state index in [0.717, 1.165) is 5.56 Å². The minimum atomic E-state index is -3.55. The smallest absolute Gasteiger partial charge is 0.207 e. The Hall–Kier alpha value is -1.83. The number of nitrogens with zero attached hydrogens (tertiary/aromatic N) is 1. The summed E-state index contributed by atoms with van der Waals surface area (Å²) >= 11 is 0. The van der Waals surface area contributed by atoms with Crippen molar-refractivity contribution in [2.45, 2.75) is 18.7 Å². The first kappa shape index (κ1) is 16.2. The topological polar surface area (TPSA) is 37.4 Å². The monoisotopic (exact) mass is 289 g/mol. The van der Waals surface area contributed by atoms with Crippen LogP contribution in [0.15, 0.2) is 53.5 Å². The van der Waals surface area contributed by atoms with Crippen molar-refractivity contribution in [1.82, 2.24) is 4.31 Å². The normalized spacial score (nSPS) is 12.3. The molecule has 0 amide bonds. The zero-order chi connectivity index (χ0) is 15.0. The van der Waals surface area contributed by atoms with Crippen LogP contribution in [0.5, 0.6) is 0 Å². The van der Waals surface area contributed by atoms with Crippen LogP contribution in [0, 0.1) is 19.3 Å². The van der Waals surface area contributed by atoms with Crippen molar-refractivity contribution in [3.8, 4) is 12.3 Å². The molecule has 0 spiro atoms. The van der Waals surface area contributed by atoms with Crippen molar-refractivity contribution in [2.75, 3.05) is 13.1 Å². The fourth-order valence-electron chi connectivity index (χ4n) is 1.58. The van der Waals surface area contributed by atoms with Crippen LogP contribution < -0.4 is 0 Å². The number of benzene rings is 1. The minimum Gasteiger partial charge on any atom is -0.207 e. The summed E-state index contributed by atoms with van der Waals surface area (Å²) in [5.74, 6) is 2.39. The first-order valence-corrected chi connectivity index (χ1v) is 7.74. The maximum absolute atomic E-state index is 12.5. The molecule has 0 atom stereocenters. The van der Waals surface area contributed by atoms with E-state index in [0.29, 0.717) is 0 Å². The van der Waals surface area contributed by atoms with Gasteiger partial charge in [-0.1, -0.05) is 47.9 Å². The molecule has 1 rings (SSSR count). The second-order valence-electron chi connectivity index (χ2n) is 4.27. The van der Waals surface area contributed by atoms with Gasteiger partial charge < -0.3 is 0 Å². The molecule has 4 heteroatoms. The Morgan fingerprint density at radius 2 is 1.90 bits per heavy atom. The molecule has 0 radical (unpaired) electrons. The molecule has 0 saturated carbocycles. The Bertz CT molecular complexity index is 619. The zero-order valence-corrected chi connectivity index (χ0v) is 12.6. The highest BCUT2D eigenvalue weighted by Gasteiger charge is 2.22. The van der Waals surface area contributed by atoms with Gasteiger partial charge in [-0.25, -0.2) is 8.42 Å². The average Bonchev–Trinajstić information content (AvgIpc) is 2.42. The number of hydrogen-bond donors (Lipinski definition) is 0. The lowest BCUT2D eigenvalue weighted by atomic mass is 10.2. The lowest BCUT2D eigenvalue weighted by Gasteiger charge is -2.18. The van der Waals surface area contributed by atoms with E-state index in [1.807, 2.05) is 26.0 Å². The Labute approximate surface area is 121 Å². The SMILES string of the molecule is C#CCN(C/C=C/C=C/C)S(=O)(=O)c1ccc(C)cc1. The predicted molar refractivity (Wildman–Crippen MR) is 82.7 cm³/mol. The van der Waals surface area contributed by atoms with Gasteiger partial charge in [0.1, 0.15) is 0 Å². The van der Waals surface area contributed by atoms with E-state index < -0.39 is 10.0 Å². The van der Waals surface area contributed by atoms with Gasteiger partial charge in [0.05, 0.1) is 11.4 Å². The van der Waals surface area contributed by atoms with Gasteiger partial charge in [0.15, 0.2) is 0 Å². The number of allylic oxidation sites excluding steroid dienone is 3. The van der Waals surface area contributed by atoms with Gasteiger partial charge in [-0.05, 0) is 26.0 Å². The van der Waals surface area contributed by atoms with Gasteiger partial charge >= 0.3 is 0 Å². The molecule has 3 nitrogen and oxygen atoms in total. The standard InChI is InChI=1S/C16H19NO2S/c1-4-6-7-8-14-17(13-5-2)20(18,19)16-11-9-15(3)10-12-16/h2,4,6-12H,13-14H2,1,3H3/b6-4+,8-7+. The molecule has 0 bridgehead atoms. The van der Waals surface area contributed by atoms with Crippen molar-refractivity contribution in [1.29, 1.82) is 0 Å². The fraction of sp³-hybridized carbons (Fsp3) is 0.250. The molecular weight excluding hydrogens is 270 g/mol. The van der Waals surface area contributed by atoms with Crippen molar-refractivity contribution < 1.29 is 8.42 Å². The fourth-order valence-corrected chi connectivity index (χ4v) is 2.88. The summed E-state index contributed by atoms with van der Waals surface area (Å²) in [6.45, 7) is 4.11. The van der Waals surface area contributed by atoms with Crippen molar-refractivity contribution in [3.63, 3.8) is 0 Å². The summed E-state index contributed by atoms with van der Waals surface area (Å²) in [7, 11) is -3.55. The molecule has 0 unspecified atom stereocenters. The number of rotatable bonds is 6. The van der Waals surface area contributed by atoms with E-state index in [1.54, 1.807) is 36.4 Å². The molecule has 20 heavy (non-hydrogen) atoms.